The Balaban J connectivity index is 1.42. The number of benzene rings is 1. The molecule has 0 aliphatic carbocycles. The molecule has 7 heteroatoms. The van der Waals surface area contributed by atoms with Gasteiger partial charge < -0.3 is 14.6 Å². The summed E-state index contributed by atoms with van der Waals surface area (Å²) < 4.78 is 7.88. The smallest absolute Gasteiger partial charge is 0.228 e. The Hall–Kier alpha value is -3.45. The van der Waals surface area contributed by atoms with Gasteiger partial charge in [0.15, 0.2) is 0 Å². The zero-order valence-electron chi connectivity index (χ0n) is 19.4. The predicted octanol–water partition coefficient (Wildman–Crippen LogP) is 5.50. The number of anilines is 2. The number of ether oxygens (including phenoxy) is 1. The molecule has 4 aromatic rings. The lowest BCUT2D eigenvalue weighted by atomic mass is 10.1. The van der Waals surface area contributed by atoms with Crippen LogP contribution in [0.25, 0.3) is 10.9 Å². The van der Waals surface area contributed by atoms with Crippen molar-refractivity contribution in [2.24, 2.45) is 0 Å². The first-order valence-corrected chi connectivity index (χ1v) is 11.5. The van der Waals surface area contributed by atoms with Crippen LogP contribution in [0.5, 0.6) is 5.75 Å². The minimum Gasteiger partial charge on any atom is -0.497 e. The van der Waals surface area contributed by atoms with Gasteiger partial charge in [-0.15, -0.1) is 0 Å². The van der Waals surface area contributed by atoms with E-state index in [2.05, 4.69) is 69.1 Å². The number of nitrogens with zero attached hydrogens (tertiary/aromatic N) is 5. The fraction of sp³-hybridized carbons (Fsp3) is 0.346. The summed E-state index contributed by atoms with van der Waals surface area (Å²) >= 11 is 0. The van der Waals surface area contributed by atoms with E-state index >= 15 is 0 Å². The van der Waals surface area contributed by atoms with Gasteiger partial charge in [-0.1, -0.05) is 6.07 Å². The lowest BCUT2D eigenvalue weighted by Gasteiger charge is -2.24. The third kappa shape index (κ3) is 4.41. The third-order valence-corrected chi connectivity index (χ3v) is 6.33. The van der Waals surface area contributed by atoms with Crippen LogP contribution in [0.1, 0.15) is 50.0 Å². The van der Waals surface area contributed by atoms with Crippen LogP contribution in [-0.4, -0.2) is 38.1 Å². The fourth-order valence-corrected chi connectivity index (χ4v) is 4.74. The Labute approximate surface area is 194 Å². The molecule has 1 aromatic carbocycles. The second kappa shape index (κ2) is 9.19. The lowest BCUT2D eigenvalue weighted by Crippen LogP contribution is -2.23. The molecule has 4 heterocycles. The average molecular weight is 443 g/mol. The van der Waals surface area contributed by atoms with E-state index < -0.39 is 0 Å². The molecule has 1 N–H and O–H groups in total. The van der Waals surface area contributed by atoms with Crippen LogP contribution < -0.4 is 10.1 Å². The SMILES string of the molecule is COc1ccc2c(c1)c(CN1CCC[C@H]1c1cccc(Nc3ncccn3)n1)cn2C(C)C. The summed E-state index contributed by atoms with van der Waals surface area (Å²) in [5.41, 5.74) is 3.67. The van der Waals surface area contributed by atoms with Gasteiger partial charge in [0.1, 0.15) is 11.6 Å². The van der Waals surface area contributed by atoms with Crippen molar-refractivity contribution in [3.8, 4) is 5.75 Å². The van der Waals surface area contributed by atoms with Gasteiger partial charge in [-0.25, -0.2) is 15.0 Å². The van der Waals surface area contributed by atoms with Gasteiger partial charge in [0.2, 0.25) is 5.95 Å². The van der Waals surface area contributed by atoms with Crippen LogP contribution in [0, 0.1) is 0 Å². The molecular formula is C26H30N6O. The van der Waals surface area contributed by atoms with E-state index in [0.29, 0.717) is 12.0 Å². The third-order valence-electron chi connectivity index (χ3n) is 6.33. The molecule has 1 aliphatic rings. The minimum atomic E-state index is 0.284. The summed E-state index contributed by atoms with van der Waals surface area (Å²) in [6.07, 6.45) is 8.02. The maximum atomic E-state index is 5.52. The largest absolute Gasteiger partial charge is 0.497 e. The summed E-state index contributed by atoms with van der Waals surface area (Å²) in [7, 11) is 1.73. The van der Waals surface area contributed by atoms with Crippen LogP contribution in [-0.2, 0) is 6.54 Å². The minimum absolute atomic E-state index is 0.284. The van der Waals surface area contributed by atoms with E-state index in [1.165, 1.54) is 16.5 Å². The summed E-state index contributed by atoms with van der Waals surface area (Å²) in [5.74, 6) is 2.22. The fourth-order valence-electron chi connectivity index (χ4n) is 4.74. The Morgan fingerprint density at radius 1 is 1.12 bits per heavy atom. The topological polar surface area (TPSA) is 68.1 Å². The molecular weight excluding hydrogens is 412 g/mol. The molecule has 170 valence electrons. The van der Waals surface area contributed by atoms with Crippen molar-refractivity contribution < 1.29 is 4.74 Å². The van der Waals surface area contributed by atoms with Crippen LogP contribution in [0.15, 0.2) is 61.1 Å². The zero-order valence-corrected chi connectivity index (χ0v) is 19.4. The van der Waals surface area contributed by atoms with Crippen LogP contribution in [0.3, 0.4) is 0 Å². The van der Waals surface area contributed by atoms with Crippen molar-refractivity contribution in [3.63, 3.8) is 0 Å². The molecule has 7 nitrogen and oxygen atoms in total. The molecule has 1 fully saturated rings. The van der Waals surface area contributed by atoms with Crippen molar-refractivity contribution in [2.75, 3.05) is 19.0 Å². The molecule has 1 atom stereocenters. The monoisotopic (exact) mass is 442 g/mol. The van der Waals surface area contributed by atoms with Crippen molar-refractivity contribution in [2.45, 2.75) is 45.3 Å². The summed E-state index contributed by atoms with van der Waals surface area (Å²) in [6, 6.07) is 15.0. The number of pyridine rings is 1. The number of hydrogen-bond donors (Lipinski definition) is 1. The van der Waals surface area contributed by atoms with Gasteiger partial charge >= 0.3 is 0 Å². The number of nitrogens with one attached hydrogen (secondary N) is 1. The zero-order chi connectivity index (χ0) is 22.8. The maximum Gasteiger partial charge on any atom is 0.228 e. The van der Waals surface area contributed by atoms with Crippen molar-refractivity contribution in [1.82, 2.24) is 24.4 Å². The average Bonchev–Trinajstić information content (AvgIpc) is 3.45. The second-order valence-electron chi connectivity index (χ2n) is 8.81. The van der Waals surface area contributed by atoms with Crippen LogP contribution in [0.4, 0.5) is 11.8 Å². The molecule has 0 amide bonds. The first-order valence-electron chi connectivity index (χ1n) is 11.5. The molecule has 33 heavy (non-hydrogen) atoms. The van der Waals surface area contributed by atoms with Crippen molar-refractivity contribution >= 4 is 22.7 Å². The second-order valence-corrected chi connectivity index (χ2v) is 8.81. The van der Waals surface area contributed by atoms with Gasteiger partial charge in [0.25, 0.3) is 0 Å². The highest BCUT2D eigenvalue weighted by molar-refractivity contribution is 5.85. The van der Waals surface area contributed by atoms with Gasteiger partial charge in [0.05, 0.1) is 18.8 Å². The number of likely N-dealkylation sites (tertiary alicyclic amines) is 1. The van der Waals surface area contributed by atoms with Gasteiger partial charge in [-0.05, 0) is 75.2 Å². The normalized spacial score (nSPS) is 16.5. The molecule has 5 rings (SSSR count). The van der Waals surface area contributed by atoms with Crippen molar-refractivity contribution in [3.05, 3.63) is 72.3 Å². The molecule has 1 aliphatic heterocycles. The van der Waals surface area contributed by atoms with E-state index in [1.807, 2.05) is 12.1 Å². The first kappa shape index (κ1) is 21.4. The van der Waals surface area contributed by atoms with E-state index in [4.69, 9.17) is 9.72 Å². The Bertz CT molecular complexity index is 1240. The highest BCUT2D eigenvalue weighted by Gasteiger charge is 2.28. The van der Waals surface area contributed by atoms with Crippen molar-refractivity contribution in [1.29, 1.82) is 0 Å². The van der Waals surface area contributed by atoms with E-state index in [0.717, 1.165) is 43.2 Å². The number of aromatic nitrogens is 4. The summed E-state index contributed by atoms with van der Waals surface area (Å²) in [5, 5.41) is 4.48. The van der Waals surface area contributed by atoms with E-state index in [-0.39, 0.29) is 6.04 Å². The van der Waals surface area contributed by atoms with Gasteiger partial charge in [0, 0.05) is 42.1 Å². The molecule has 0 unspecified atom stereocenters. The Kier molecular flexibility index (Phi) is 5.96. The maximum absolute atomic E-state index is 5.52. The quantitative estimate of drug-likeness (QED) is 0.408. The van der Waals surface area contributed by atoms with Gasteiger partial charge in [-0.2, -0.15) is 0 Å². The Morgan fingerprint density at radius 3 is 2.76 bits per heavy atom. The number of fused-ring (bicyclic) bond motifs is 1. The number of hydrogen-bond acceptors (Lipinski definition) is 6. The van der Waals surface area contributed by atoms with Crippen LogP contribution >= 0.6 is 0 Å². The number of rotatable bonds is 7. The highest BCUT2D eigenvalue weighted by atomic mass is 16.5. The van der Waals surface area contributed by atoms with E-state index in [9.17, 15) is 0 Å². The molecule has 3 aromatic heterocycles. The Morgan fingerprint density at radius 2 is 1.97 bits per heavy atom. The van der Waals surface area contributed by atoms with Gasteiger partial charge in [-0.3, -0.25) is 4.90 Å². The highest BCUT2D eigenvalue weighted by Crippen LogP contribution is 2.35. The molecule has 0 saturated carbocycles. The molecule has 0 bridgehead atoms. The molecule has 1 saturated heterocycles. The summed E-state index contributed by atoms with van der Waals surface area (Å²) in [4.78, 5) is 15.9. The first-order chi connectivity index (χ1) is 16.1. The predicted molar refractivity (Wildman–Crippen MR) is 131 cm³/mol. The molecule has 0 spiro atoms. The van der Waals surface area contributed by atoms with Crippen LogP contribution in [0.2, 0.25) is 0 Å². The summed E-state index contributed by atoms with van der Waals surface area (Å²) in [6.45, 7) is 6.40. The number of methoxy groups -OCH3 is 1. The standard InChI is InChI=1S/C26H30N6O/c1-18(2)32-17-19(21-15-20(33-3)10-11-23(21)32)16-31-14-5-8-24(31)22-7-4-9-25(29-22)30-26-27-12-6-13-28-26/h4,6-7,9-13,15,17-18,24H,5,8,14,16H2,1-3H3,(H,27,28,29,30)/t24-/m0/s1. The van der Waals surface area contributed by atoms with E-state index in [1.54, 1.807) is 25.6 Å². The molecule has 0 radical (unpaired) electrons. The lowest BCUT2D eigenvalue weighted by molar-refractivity contribution is 0.245.